The van der Waals surface area contributed by atoms with Gasteiger partial charge in [-0.25, -0.2) is 0 Å². The molecule has 0 bridgehead atoms. The highest BCUT2D eigenvalue weighted by Gasteiger charge is 2.26. The summed E-state index contributed by atoms with van der Waals surface area (Å²) in [6, 6.07) is 9.03. The molecule has 2 N–H and O–H groups in total. The molecule has 112 valence electrons. The molecular formula is C17H28N2O. The Morgan fingerprint density at radius 1 is 1.40 bits per heavy atom. The summed E-state index contributed by atoms with van der Waals surface area (Å²) in [4.78, 5) is 2.49. The third-order valence-electron chi connectivity index (χ3n) is 4.64. The summed E-state index contributed by atoms with van der Waals surface area (Å²) in [6.07, 6.45) is 2.08. The van der Waals surface area contributed by atoms with Crippen LogP contribution in [-0.4, -0.2) is 42.8 Å². The van der Waals surface area contributed by atoms with Crippen molar-refractivity contribution in [1.82, 2.24) is 10.2 Å². The van der Waals surface area contributed by atoms with E-state index in [1.165, 1.54) is 11.1 Å². The monoisotopic (exact) mass is 276 g/mol. The van der Waals surface area contributed by atoms with E-state index in [0.717, 1.165) is 32.5 Å². The number of nitrogens with one attached hydrogen (secondary N) is 1. The molecule has 0 spiro atoms. The van der Waals surface area contributed by atoms with Crippen LogP contribution in [0, 0.1) is 12.8 Å². The van der Waals surface area contributed by atoms with Crippen LogP contribution < -0.4 is 5.32 Å². The first-order valence-corrected chi connectivity index (χ1v) is 7.75. The Labute approximate surface area is 123 Å². The highest BCUT2D eigenvalue weighted by molar-refractivity contribution is 5.28. The fraction of sp³-hybridized carbons (Fsp3) is 0.647. The number of aryl methyl sites for hydroxylation is 1. The van der Waals surface area contributed by atoms with E-state index in [9.17, 15) is 5.11 Å². The molecular weight excluding hydrogens is 248 g/mol. The Morgan fingerprint density at radius 2 is 2.15 bits per heavy atom. The van der Waals surface area contributed by atoms with E-state index in [1.54, 1.807) is 0 Å². The lowest BCUT2D eigenvalue weighted by molar-refractivity contribution is 0.127. The minimum Gasteiger partial charge on any atom is -0.393 e. The van der Waals surface area contributed by atoms with Crippen molar-refractivity contribution < 1.29 is 5.11 Å². The first-order valence-electron chi connectivity index (χ1n) is 7.75. The zero-order valence-electron chi connectivity index (χ0n) is 13.0. The fourth-order valence-electron chi connectivity index (χ4n) is 3.20. The van der Waals surface area contributed by atoms with Crippen molar-refractivity contribution >= 4 is 0 Å². The van der Waals surface area contributed by atoms with Gasteiger partial charge in [-0.2, -0.15) is 0 Å². The second-order valence-electron chi connectivity index (χ2n) is 6.08. The molecule has 1 aromatic carbocycles. The molecule has 1 heterocycles. The van der Waals surface area contributed by atoms with E-state index < -0.39 is 0 Å². The summed E-state index contributed by atoms with van der Waals surface area (Å²) >= 11 is 0. The molecule has 3 atom stereocenters. The smallest absolute Gasteiger partial charge is 0.0552 e. The van der Waals surface area contributed by atoms with Gasteiger partial charge in [0.25, 0.3) is 0 Å². The molecule has 0 amide bonds. The summed E-state index contributed by atoms with van der Waals surface area (Å²) < 4.78 is 0. The lowest BCUT2D eigenvalue weighted by Crippen LogP contribution is -2.28. The molecule has 0 aromatic heterocycles. The number of aliphatic hydroxyl groups excluding tert-OH is 1. The lowest BCUT2D eigenvalue weighted by atomic mass is 9.99. The highest BCUT2D eigenvalue weighted by atomic mass is 16.3. The molecule has 3 nitrogen and oxygen atoms in total. The number of benzene rings is 1. The number of aliphatic hydroxyl groups is 1. The average Bonchev–Trinajstić information content (AvgIpc) is 2.90. The van der Waals surface area contributed by atoms with Crippen LogP contribution in [0.15, 0.2) is 24.3 Å². The lowest BCUT2D eigenvalue weighted by Gasteiger charge is -2.23. The molecule has 3 unspecified atom stereocenters. The third-order valence-corrected chi connectivity index (χ3v) is 4.64. The van der Waals surface area contributed by atoms with Gasteiger partial charge in [0.1, 0.15) is 0 Å². The highest BCUT2D eigenvalue weighted by Crippen LogP contribution is 2.24. The molecule has 20 heavy (non-hydrogen) atoms. The van der Waals surface area contributed by atoms with Crippen LogP contribution >= 0.6 is 0 Å². The van der Waals surface area contributed by atoms with Crippen molar-refractivity contribution in [1.29, 1.82) is 0 Å². The third kappa shape index (κ3) is 3.81. The Morgan fingerprint density at radius 3 is 2.75 bits per heavy atom. The number of hydrogen-bond donors (Lipinski definition) is 2. The Hall–Kier alpha value is -0.900. The topological polar surface area (TPSA) is 35.5 Å². The predicted molar refractivity (Wildman–Crippen MR) is 83.8 cm³/mol. The van der Waals surface area contributed by atoms with Gasteiger partial charge in [0, 0.05) is 12.6 Å². The first kappa shape index (κ1) is 15.5. The van der Waals surface area contributed by atoms with Crippen molar-refractivity contribution in [3.05, 3.63) is 35.4 Å². The first-order chi connectivity index (χ1) is 9.61. The van der Waals surface area contributed by atoms with Gasteiger partial charge in [-0.1, -0.05) is 24.3 Å². The van der Waals surface area contributed by atoms with E-state index in [1.807, 2.05) is 14.0 Å². The van der Waals surface area contributed by atoms with Gasteiger partial charge in [-0.3, -0.25) is 0 Å². The zero-order valence-corrected chi connectivity index (χ0v) is 13.0. The molecule has 0 aliphatic carbocycles. The van der Waals surface area contributed by atoms with Crippen molar-refractivity contribution in [3.63, 3.8) is 0 Å². The summed E-state index contributed by atoms with van der Waals surface area (Å²) in [6.45, 7) is 7.36. The van der Waals surface area contributed by atoms with Crippen molar-refractivity contribution in [3.8, 4) is 0 Å². The van der Waals surface area contributed by atoms with Gasteiger partial charge in [-0.05, 0) is 63.9 Å². The van der Waals surface area contributed by atoms with Gasteiger partial charge in [0.2, 0.25) is 0 Å². The van der Waals surface area contributed by atoms with Crippen LogP contribution in [0.1, 0.15) is 36.9 Å². The van der Waals surface area contributed by atoms with E-state index >= 15 is 0 Å². The van der Waals surface area contributed by atoms with E-state index in [4.69, 9.17) is 0 Å². The normalized spacial score (nSPS) is 22.9. The van der Waals surface area contributed by atoms with E-state index in [2.05, 4.69) is 41.4 Å². The molecule has 1 aromatic rings. The predicted octanol–water partition coefficient (Wildman–Crippen LogP) is 2.35. The summed E-state index contributed by atoms with van der Waals surface area (Å²) in [5, 5.41) is 13.1. The Balaban J connectivity index is 1.88. The maximum atomic E-state index is 9.67. The van der Waals surface area contributed by atoms with Crippen LogP contribution in [0.5, 0.6) is 0 Å². The van der Waals surface area contributed by atoms with E-state index in [-0.39, 0.29) is 6.10 Å². The number of rotatable bonds is 6. The second-order valence-corrected chi connectivity index (χ2v) is 6.08. The number of hydrogen-bond acceptors (Lipinski definition) is 3. The summed E-state index contributed by atoms with van der Waals surface area (Å²) in [7, 11) is 2.04. The molecule has 1 fully saturated rings. The minimum atomic E-state index is -0.170. The molecule has 1 saturated heterocycles. The molecule has 1 aliphatic heterocycles. The van der Waals surface area contributed by atoms with Crippen LogP contribution in [0.2, 0.25) is 0 Å². The minimum absolute atomic E-state index is 0.170. The fourth-order valence-corrected chi connectivity index (χ4v) is 3.20. The number of nitrogens with zero attached hydrogens (tertiary/aromatic N) is 1. The largest absolute Gasteiger partial charge is 0.393 e. The zero-order chi connectivity index (χ0) is 14.5. The maximum Gasteiger partial charge on any atom is 0.0552 e. The van der Waals surface area contributed by atoms with Crippen LogP contribution in [-0.2, 0) is 0 Å². The Kier molecular flexibility index (Phi) is 5.58. The second kappa shape index (κ2) is 7.21. The Bertz CT molecular complexity index is 419. The molecule has 0 radical (unpaired) electrons. The van der Waals surface area contributed by atoms with Gasteiger partial charge in [0.15, 0.2) is 0 Å². The quantitative estimate of drug-likeness (QED) is 0.837. The van der Waals surface area contributed by atoms with Crippen LogP contribution in [0.4, 0.5) is 0 Å². The van der Waals surface area contributed by atoms with Crippen LogP contribution in [0.25, 0.3) is 0 Å². The average molecular weight is 276 g/mol. The van der Waals surface area contributed by atoms with Crippen molar-refractivity contribution in [2.75, 3.05) is 26.7 Å². The maximum absolute atomic E-state index is 9.67. The van der Waals surface area contributed by atoms with Gasteiger partial charge in [-0.15, -0.1) is 0 Å². The number of likely N-dealkylation sites (tertiary alicyclic amines) is 1. The van der Waals surface area contributed by atoms with Crippen molar-refractivity contribution in [2.24, 2.45) is 5.92 Å². The van der Waals surface area contributed by atoms with Crippen LogP contribution in [0.3, 0.4) is 0 Å². The van der Waals surface area contributed by atoms with Gasteiger partial charge >= 0.3 is 0 Å². The SMILES string of the molecule is CNC(CCN1CCC(C(C)O)C1)c1ccccc1C. The summed E-state index contributed by atoms with van der Waals surface area (Å²) in [5.41, 5.74) is 2.76. The van der Waals surface area contributed by atoms with E-state index in [0.29, 0.717) is 12.0 Å². The van der Waals surface area contributed by atoms with Gasteiger partial charge in [0.05, 0.1) is 6.10 Å². The molecule has 0 saturated carbocycles. The molecule has 2 rings (SSSR count). The standard InChI is InChI=1S/C17H28N2O/c1-13-6-4-5-7-16(13)17(18-3)9-11-19-10-8-15(12-19)14(2)20/h4-7,14-15,17-18,20H,8-12H2,1-3H3. The van der Waals surface area contributed by atoms with Crippen molar-refractivity contribution in [2.45, 2.75) is 38.8 Å². The molecule has 3 heteroatoms. The molecule has 1 aliphatic rings. The summed E-state index contributed by atoms with van der Waals surface area (Å²) in [5.74, 6) is 0.460. The van der Waals surface area contributed by atoms with Gasteiger partial charge < -0.3 is 15.3 Å².